The minimum Gasteiger partial charge on any atom is -0.392 e. The van der Waals surface area contributed by atoms with Crippen molar-refractivity contribution in [1.82, 2.24) is 4.98 Å². The smallest absolute Gasteiger partial charge is 0.0646 e. The lowest BCUT2D eigenvalue weighted by molar-refractivity contribution is 0.0472. The molecule has 0 aliphatic carbocycles. The predicted octanol–water partition coefficient (Wildman–Crippen LogP) is 2.42. The third kappa shape index (κ3) is 2.81. The van der Waals surface area contributed by atoms with Crippen molar-refractivity contribution < 1.29 is 5.11 Å². The average molecular weight is 193 g/mol. The molecule has 0 aliphatic rings. The van der Waals surface area contributed by atoms with Crippen molar-refractivity contribution in [2.45, 2.75) is 39.7 Å². The summed E-state index contributed by atoms with van der Waals surface area (Å²) in [6, 6.07) is 5.80. The van der Waals surface area contributed by atoms with Crippen molar-refractivity contribution in [3.05, 3.63) is 30.1 Å². The Kier molecular flexibility index (Phi) is 3.64. The fourth-order valence-corrected chi connectivity index (χ4v) is 1.23. The van der Waals surface area contributed by atoms with E-state index in [1.54, 1.807) is 6.20 Å². The molecule has 1 N–H and O–H groups in total. The predicted molar refractivity (Wildman–Crippen MR) is 58.0 cm³/mol. The van der Waals surface area contributed by atoms with Crippen LogP contribution in [0.5, 0.6) is 0 Å². The molecule has 0 spiro atoms. The molecule has 1 rings (SSSR count). The second-order valence-electron chi connectivity index (χ2n) is 4.38. The summed E-state index contributed by atoms with van der Waals surface area (Å²) < 4.78 is 0. The highest BCUT2D eigenvalue weighted by molar-refractivity contribution is 5.05. The topological polar surface area (TPSA) is 33.1 Å². The SMILES string of the molecule is CCC(C)(C)C(O)Cc1ccccn1. The van der Waals surface area contributed by atoms with Gasteiger partial charge in [0.15, 0.2) is 0 Å². The van der Waals surface area contributed by atoms with E-state index in [4.69, 9.17) is 0 Å². The van der Waals surface area contributed by atoms with Crippen LogP contribution in [0.25, 0.3) is 0 Å². The zero-order valence-electron chi connectivity index (χ0n) is 9.20. The molecule has 2 nitrogen and oxygen atoms in total. The summed E-state index contributed by atoms with van der Waals surface area (Å²) in [6.45, 7) is 6.27. The van der Waals surface area contributed by atoms with Gasteiger partial charge in [0.1, 0.15) is 0 Å². The Hall–Kier alpha value is -0.890. The van der Waals surface area contributed by atoms with Crippen LogP contribution in [-0.2, 0) is 6.42 Å². The fraction of sp³-hybridized carbons (Fsp3) is 0.583. The Morgan fingerprint density at radius 3 is 2.64 bits per heavy atom. The summed E-state index contributed by atoms with van der Waals surface area (Å²) in [6.07, 6.45) is 3.06. The first-order valence-electron chi connectivity index (χ1n) is 5.14. The molecule has 1 aromatic rings. The Morgan fingerprint density at radius 1 is 1.43 bits per heavy atom. The van der Waals surface area contributed by atoms with Crippen molar-refractivity contribution in [3.8, 4) is 0 Å². The zero-order valence-corrected chi connectivity index (χ0v) is 9.20. The highest BCUT2D eigenvalue weighted by atomic mass is 16.3. The van der Waals surface area contributed by atoms with E-state index in [1.807, 2.05) is 18.2 Å². The molecule has 0 radical (unpaired) electrons. The minimum atomic E-state index is -0.317. The number of rotatable bonds is 4. The first kappa shape index (κ1) is 11.2. The van der Waals surface area contributed by atoms with Gasteiger partial charge in [-0.05, 0) is 24.0 Å². The third-order valence-electron chi connectivity index (χ3n) is 2.94. The Morgan fingerprint density at radius 2 is 2.14 bits per heavy atom. The lowest BCUT2D eigenvalue weighted by Crippen LogP contribution is -2.30. The normalized spacial score (nSPS) is 14.0. The maximum atomic E-state index is 9.99. The number of aromatic nitrogens is 1. The molecule has 0 fully saturated rings. The van der Waals surface area contributed by atoms with Crippen molar-refractivity contribution >= 4 is 0 Å². The van der Waals surface area contributed by atoms with Gasteiger partial charge in [-0.25, -0.2) is 0 Å². The molecule has 0 aliphatic heterocycles. The van der Waals surface area contributed by atoms with Gasteiger partial charge in [-0.1, -0.05) is 26.8 Å². The Labute approximate surface area is 86.0 Å². The fourth-order valence-electron chi connectivity index (χ4n) is 1.23. The molecule has 2 heteroatoms. The van der Waals surface area contributed by atoms with Crippen LogP contribution in [0.15, 0.2) is 24.4 Å². The van der Waals surface area contributed by atoms with Crippen LogP contribution in [0, 0.1) is 5.41 Å². The average Bonchev–Trinajstić information content (AvgIpc) is 2.19. The number of pyridine rings is 1. The monoisotopic (exact) mass is 193 g/mol. The Balaban J connectivity index is 2.62. The van der Waals surface area contributed by atoms with E-state index in [1.165, 1.54) is 0 Å². The van der Waals surface area contributed by atoms with Gasteiger partial charge in [-0.3, -0.25) is 4.98 Å². The van der Waals surface area contributed by atoms with Crippen molar-refractivity contribution in [1.29, 1.82) is 0 Å². The molecule has 1 atom stereocenters. The first-order chi connectivity index (χ1) is 6.56. The van der Waals surface area contributed by atoms with Gasteiger partial charge in [0.05, 0.1) is 6.10 Å². The molecule has 0 saturated heterocycles. The molecule has 0 saturated carbocycles. The van der Waals surface area contributed by atoms with E-state index >= 15 is 0 Å². The quantitative estimate of drug-likeness (QED) is 0.796. The third-order valence-corrected chi connectivity index (χ3v) is 2.94. The van der Waals surface area contributed by atoms with E-state index in [0.717, 1.165) is 12.1 Å². The van der Waals surface area contributed by atoms with E-state index < -0.39 is 0 Å². The molecule has 1 aromatic heterocycles. The van der Waals surface area contributed by atoms with Crippen molar-refractivity contribution in [2.24, 2.45) is 5.41 Å². The van der Waals surface area contributed by atoms with Gasteiger partial charge in [0, 0.05) is 18.3 Å². The lowest BCUT2D eigenvalue weighted by atomic mass is 9.82. The Bertz CT molecular complexity index is 269. The van der Waals surface area contributed by atoms with E-state index in [2.05, 4.69) is 25.8 Å². The summed E-state index contributed by atoms with van der Waals surface area (Å²) in [5.41, 5.74) is 0.930. The standard InChI is InChI=1S/C12H19NO/c1-4-12(2,3)11(14)9-10-7-5-6-8-13-10/h5-8,11,14H,4,9H2,1-3H3. The van der Waals surface area contributed by atoms with Crippen LogP contribution >= 0.6 is 0 Å². The van der Waals surface area contributed by atoms with Gasteiger partial charge in [0.25, 0.3) is 0 Å². The van der Waals surface area contributed by atoms with Crippen LogP contribution < -0.4 is 0 Å². The van der Waals surface area contributed by atoms with Gasteiger partial charge in [-0.2, -0.15) is 0 Å². The lowest BCUT2D eigenvalue weighted by Gasteiger charge is -2.28. The van der Waals surface area contributed by atoms with Crippen LogP contribution in [0.4, 0.5) is 0 Å². The molecule has 14 heavy (non-hydrogen) atoms. The molecule has 0 bridgehead atoms. The number of aliphatic hydroxyl groups excluding tert-OH is 1. The first-order valence-corrected chi connectivity index (χ1v) is 5.14. The molecule has 1 unspecified atom stereocenters. The van der Waals surface area contributed by atoms with Crippen LogP contribution in [0.2, 0.25) is 0 Å². The summed E-state index contributed by atoms with van der Waals surface area (Å²) in [5, 5.41) is 9.99. The zero-order chi connectivity index (χ0) is 10.6. The van der Waals surface area contributed by atoms with Gasteiger partial charge >= 0.3 is 0 Å². The number of nitrogens with zero attached hydrogens (tertiary/aromatic N) is 1. The molecule has 0 amide bonds. The number of hydrogen-bond donors (Lipinski definition) is 1. The largest absolute Gasteiger partial charge is 0.392 e. The van der Waals surface area contributed by atoms with Gasteiger partial charge < -0.3 is 5.11 Å². The summed E-state index contributed by atoms with van der Waals surface area (Å²) in [4.78, 5) is 4.21. The minimum absolute atomic E-state index is 0.0302. The molecular weight excluding hydrogens is 174 g/mol. The number of aliphatic hydroxyl groups is 1. The second-order valence-corrected chi connectivity index (χ2v) is 4.38. The van der Waals surface area contributed by atoms with Crippen molar-refractivity contribution in [2.75, 3.05) is 0 Å². The van der Waals surface area contributed by atoms with E-state index in [9.17, 15) is 5.11 Å². The van der Waals surface area contributed by atoms with Crippen LogP contribution in [-0.4, -0.2) is 16.2 Å². The van der Waals surface area contributed by atoms with Crippen LogP contribution in [0.1, 0.15) is 32.9 Å². The van der Waals surface area contributed by atoms with Gasteiger partial charge in [-0.15, -0.1) is 0 Å². The second kappa shape index (κ2) is 4.56. The van der Waals surface area contributed by atoms with E-state index in [0.29, 0.717) is 6.42 Å². The highest BCUT2D eigenvalue weighted by Crippen LogP contribution is 2.26. The maximum absolute atomic E-state index is 9.99. The highest BCUT2D eigenvalue weighted by Gasteiger charge is 2.25. The van der Waals surface area contributed by atoms with Gasteiger partial charge in [0.2, 0.25) is 0 Å². The summed E-state index contributed by atoms with van der Waals surface area (Å²) in [5.74, 6) is 0. The molecular formula is C12H19NO. The maximum Gasteiger partial charge on any atom is 0.0646 e. The molecule has 1 heterocycles. The van der Waals surface area contributed by atoms with E-state index in [-0.39, 0.29) is 11.5 Å². The summed E-state index contributed by atoms with van der Waals surface area (Å²) in [7, 11) is 0. The molecule has 0 aromatic carbocycles. The molecule has 78 valence electrons. The summed E-state index contributed by atoms with van der Waals surface area (Å²) >= 11 is 0. The van der Waals surface area contributed by atoms with Crippen molar-refractivity contribution in [3.63, 3.8) is 0 Å². The van der Waals surface area contributed by atoms with Crippen LogP contribution in [0.3, 0.4) is 0 Å². The number of hydrogen-bond acceptors (Lipinski definition) is 2.